The average Bonchev–Trinajstić information content (AvgIpc) is 3.22. The molecule has 2 aromatic heterocycles. The Morgan fingerprint density at radius 2 is 1.84 bits per heavy atom. The van der Waals surface area contributed by atoms with Crippen molar-refractivity contribution in [3.8, 4) is 11.3 Å². The van der Waals surface area contributed by atoms with Crippen molar-refractivity contribution < 1.29 is 9.90 Å². The number of rotatable bonds is 6. The van der Waals surface area contributed by atoms with Gasteiger partial charge in [0.25, 0.3) is 5.91 Å². The molecule has 0 radical (unpaired) electrons. The molecule has 2 heterocycles. The minimum atomic E-state index is -0.222. The molecule has 0 fully saturated rings. The van der Waals surface area contributed by atoms with E-state index in [0.717, 1.165) is 33.8 Å². The molecule has 0 bridgehead atoms. The van der Waals surface area contributed by atoms with Crippen molar-refractivity contribution in [3.05, 3.63) is 83.3 Å². The maximum atomic E-state index is 12.7. The lowest BCUT2D eigenvalue weighted by molar-refractivity contribution is 0.102. The largest absolute Gasteiger partial charge is 0.392 e. The van der Waals surface area contributed by atoms with Gasteiger partial charge in [-0.05, 0) is 61.4 Å². The van der Waals surface area contributed by atoms with Gasteiger partial charge in [0.15, 0.2) is 0 Å². The van der Waals surface area contributed by atoms with Crippen molar-refractivity contribution in [2.24, 2.45) is 7.05 Å². The number of benzene rings is 2. The quantitative estimate of drug-likeness (QED) is 0.429. The van der Waals surface area contributed by atoms with Gasteiger partial charge < -0.3 is 15.7 Å². The minimum absolute atomic E-state index is 0.0763. The topological polar surface area (TPSA) is 105 Å². The summed E-state index contributed by atoms with van der Waals surface area (Å²) in [5.41, 5.74) is 6.16. The summed E-state index contributed by atoms with van der Waals surface area (Å²) >= 11 is 0. The molecule has 0 atom stereocenters. The van der Waals surface area contributed by atoms with Crippen LogP contribution in [0.25, 0.3) is 11.3 Å². The molecule has 0 unspecified atom stereocenters. The lowest BCUT2D eigenvalue weighted by Gasteiger charge is -2.11. The summed E-state index contributed by atoms with van der Waals surface area (Å²) in [6, 6.07) is 14.5. The number of anilines is 3. The Hall–Kier alpha value is -4.04. The normalized spacial score (nSPS) is 10.8. The SMILES string of the molecule is Cc1cc(-c2cnn(C)c2)nc(Nc2ccc(C(=O)Nc3cc(CO)ccc3C)cc2)n1. The van der Waals surface area contributed by atoms with E-state index in [1.165, 1.54) is 0 Å². The van der Waals surface area contributed by atoms with Crippen LogP contribution in [0, 0.1) is 13.8 Å². The zero-order valence-electron chi connectivity index (χ0n) is 18.1. The van der Waals surface area contributed by atoms with Crippen molar-refractivity contribution in [1.82, 2.24) is 19.7 Å². The number of aromatic nitrogens is 4. The molecule has 0 aliphatic heterocycles. The molecule has 32 heavy (non-hydrogen) atoms. The predicted octanol–water partition coefficient (Wildman–Crippen LogP) is 3.98. The third kappa shape index (κ3) is 4.81. The third-order valence-corrected chi connectivity index (χ3v) is 4.99. The number of amides is 1. The van der Waals surface area contributed by atoms with Gasteiger partial charge in [-0.15, -0.1) is 0 Å². The number of aryl methyl sites for hydroxylation is 3. The number of nitrogens with one attached hydrogen (secondary N) is 2. The Balaban J connectivity index is 1.48. The fraction of sp³-hybridized carbons (Fsp3) is 0.167. The summed E-state index contributed by atoms with van der Waals surface area (Å²) < 4.78 is 1.73. The number of aliphatic hydroxyl groups is 1. The van der Waals surface area contributed by atoms with Crippen LogP contribution in [0.5, 0.6) is 0 Å². The summed E-state index contributed by atoms with van der Waals surface area (Å²) in [4.78, 5) is 21.7. The molecule has 8 nitrogen and oxygen atoms in total. The number of hydrogen-bond donors (Lipinski definition) is 3. The monoisotopic (exact) mass is 428 g/mol. The zero-order valence-corrected chi connectivity index (χ0v) is 18.1. The average molecular weight is 428 g/mol. The fourth-order valence-corrected chi connectivity index (χ4v) is 3.26. The van der Waals surface area contributed by atoms with Crippen LogP contribution in [0.15, 0.2) is 60.9 Å². The Kier molecular flexibility index (Phi) is 5.96. The summed E-state index contributed by atoms with van der Waals surface area (Å²) in [6.45, 7) is 3.74. The van der Waals surface area contributed by atoms with Crippen molar-refractivity contribution in [2.75, 3.05) is 10.6 Å². The minimum Gasteiger partial charge on any atom is -0.392 e. The first kappa shape index (κ1) is 21.2. The Labute approximate surface area is 186 Å². The molecule has 0 spiro atoms. The first-order valence-electron chi connectivity index (χ1n) is 10.1. The van der Waals surface area contributed by atoms with Gasteiger partial charge in [0.2, 0.25) is 5.95 Å². The van der Waals surface area contributed by atoms with Gasteiger partial charge in [0, 0.05) is 41.4 Å². The second-order valence-electron chi connectivity index (χ2n) is 7.58. The molecule has 0 saturated heterocycles. The van der Waals surface area contributed by atoms with Crippen LogP contribution in [-0.4, -0.2) is 30.8 Å². The number of nitrogens with zero attached hydrogens (tertiary/aromatic N) is 4. The maximum Gasteiger partial charge on any atom is 0.255 e. The van der Waals surface area contributed by atoms with E-state index in [2.05, 4.69) is 25.7 Å². The molecule has 8 heteroatoms. The second-order valence-corrected chi connectivity index (χ2v) is 7.58. The third-order valence-electron chi connectivity index (χ3n) is 4.99. The first-order chi connectivity index (χ1) is 15.4. The Bertz CT molecular complexity index is 1260. The molecular formula is C24H24N6O2. The van der Waals surface area contributed by atoms with Crippen LogP contribution in [0.1, 0.15) is 27.2 Å². The van der Waals surface area contributed by atoms with Crippen LogP contribution < -0.4 is 10.6 Å². The van der Waals surface area contributed by atoms with Crippen molar-refractivity contribution in [2.45, 2.75) is 20.5 Å². The highest BCUT2D eigenvalue weighted by Crippen LogP contribution is 2.22. The molecule has 2 aromatic carbocycles. The molecule has 4 rings (SSSR count). The smallest absolute Gasteiger partial charge is 0.255 e. The molecule has 0 saturated carbocycles. The van der Waals surface area contributed by atoms with Crippen LogP contribution in [0.3, 0.4) is 0 Å². The van der Waals surface area contributed by atoms with Crippen LogP contribution in [-0.2, 0) is 13.7 Å². The van der Waals surface area contributed by atoms with E-state index in [0.29, 0.717) is 17.2 Å². The predicted molar refractivity (Wildman–Crippen MR) is 124 cm³/mol. The van der Waals surface area contributed by atoms with Gasteiger partial charge in [-0.1, -0.05) is 12.1 Å². The molecule has 4 aromatic rings. The van der Waals surface area contributed by atoms with Crippen LogP contribution >= 0.6 is 0 Å². The van der Waals surface area contributed by atoms with Crippen molar-refractivity contribution in [3.63, 3.8) is 0 Å². The second kappa shape index (κ2) is 8.99. The van der Waals surface area contributed by atoms with E-state index in [9.17, 15) is 9.90 Å². The summed E-state index contributed by atoms with van der Waals surface area (Å²) in [5, 5.41) is 19.6. The Morgan fingerprint density at radius 3 is 2.53 bits per heavy atom. The standard InChI is InChI=1S/C24H24N6O2/c1-15-4-5-17(14-31)11-21(15)28-23(32)18-6-8-20(9-7-18)27-24-26-16(2)10-22(29-24)19-12-25-30(3)13-19/h4-13,31H,14H2,1-3H3,(H,28,32)(H,26,27,29). The van der Waals surface area contributed by atoms with E-state index >= 15 is 0 Å². The number of carbonyl (C=O) groups excluding carboxylic acids is 1. The molecule has 162 valence electrons. The van der Waals surface area contributed by atoms with Crippen LogP contribution in [0.2, 0.25) is 0 Å². The lowest BCUT2D eigenvalue weighted by Crippen LogP contribution is -2.13. The van der Waals surface area contributed by atoms with Crippen molar-refractivity contribution >= 4 is 23.2 Å². The van der Waals surface area contributed by atoms with E-state index in [1.807, 2.05) is 45.3 Å². The van der Waals surface area contributed by atoms with E-state index in [-0.39, 0.29) is 12.5 Å². The number of aliphatic hydroxyl groups excluding tert-OH is 1. The van der Waals surface area contributed by atoms with Gasteiger partial charge >= 0.3 is 0 Å². The molecular weight excluding hydrogens is 404 g/mol. The fourth-order valence-electron chi connectivity index (χ4n) is 3.26. The van der Waals surface area contributed by atoms with Gasteiger partial charge in [-0.2, -0.15) is 5.10 Å². The van der Waals surface area contributed by atoms with E-state index in [4.69, 9.17) is 0 Å². The number of hydrogen-bond acceptors (Lipinski definition) is 6. The van der Waals surface area contributed by atoms with E-state index in [1.54, 1.807) is 41.2 Å². The zero-order chi connectivity index (χ0) is 22.7. The van der Waals surface area contributed by atoms with Gasteiger partial charge in [-0.3, -0.25) is 9.48 Å². The highest BCUT2D eigenvalue weighted by Gasteiger charge is 2.10. The number of carbonyl (C=O) groups is 1. The summed E-state index contributed by atoms with van der Waals surface area (Å²) in [6.07, 6.45) is 3.66. The first-order valence-corrected chi connectivity index (χ1v) is 10.1. The van der Waals surface area contributed by atoms with Gasteiger partial charge in [-0.25, -0.2) is 9.97 Å². The molecule has 0 aliphatic rings. The molecule has 1 amide bonds. The van der Waals surface area contributed by atoms with Gasteiger partial charge in [0.1, 0.15) is 0 Å². The van der Waals surface area contributed by atoms with E-state index < -0.39 is 0 Å². The van der Waals surface area contributed by atoms with Crippen LogP contribution in [0.4, 0.5) is 17.3 Å². The Morgan fingerprint density at radius 1 is 1.06 bits per heavy atom. The lowest BCUT2D eigenvalue weighted by atomic mass is 10.1. The van der Waals surface area contributed by atoms with Crippen molar-refractivity contribution in [1.29, 1.82) is 0 Å². The maximum absolute atomic E-state index is 12.7. The molecule has 3 N–H and O–H groups in total. The summed E-state index contributed by atoms with van der Waals surface area (Å²) in [5.74, 6) is 0.248. The highest BCUT2D eigenvalue weighted by atomic mass is 16.3. The molecule has 0 aliphatic carbocycles. The van der Waals surface area contributed by atoms with Gasteiger partial charge in [0.05, 0.1) is 18.5 Å². The summed E-state index contributed by atoms with van der Waals surface area (Å²) in [7, 11) is 1.86. The highest BCUT2D eigenvalue weighted by molar-refractivity contribution is 6.04.